The van der Waals surface area contributed by atoms with Crippen molar-refractivity contribution in [3.8, 4) is 5.75 Å². The third kappa shape index (κ3) is 2.02. The maximum absolute atomic E-state index is 11.1. The lowest BCUT2D eigenvalue weighted by atomic mass is 9.89. The van der Waals surface area contributed by atoms with Gasteiger partial charge in [0.1, 0.15) is 11.4 Å². The van der Waals surface area contributed by atoms with Gasteiger partial charge >= 0.3 is 0 Å². The highest BCUT2D eigenvalue weighted by atomic mass is 16.5. The second-order valence-electron chi connectivity index (χ2n) is 5.12. The SMILES string of the molecule is CCOc1cncc(C2(O)CCc3cc(N)ccc32)c1. The van der Waals surface area contributed by atoms with Crippen LogP contribution < -0.4 is 10.5 Å². The van der Waals surface area contributed by atoms with E-state index in [1.165, 1.54) is 0 Å². The molecule has 2 aromatic rings. The van der Waals surface area contributed by atoms with Gasteiger partial charge in [0.25, 0.3) is 0 Å². The number of rotatable bonds is 3. The summed E-state index contributed by atoms with van der Waals surface area (Å²) in [5, 5.41) is 11.1. The minimum atomic E-state index is -0.997. The summed E-state index contributed by atoms with van der Waals surface area (Å²) >= 11 is 0. The molecule has 1 aliphatic carbocycles. The summed E-state index contributed by atoms with van der Waals surface area (Å²) in [6, 6.07) is 7.54. The van der Waals surface area contributed by atoms with Crippen molar-refractivity contribution in [2.24, 2.45) is 0 Å². The molecule has 0 amide bonds. The first-order valence-electron chi connectivity index (χ1n) is 6.83. The molecule has 0 fully saturated rings. The van der Waals surface area contributed by atoms with Crippen LogP contribution in [0, 0.1) is 0 Å². The Morgan fingerprint density at radius 3 is 3.00 bits per heavy atom. The van der Waals surface area contributed by atoms with Crippen molar-refractivity contribution in [3.05, 3.63) is 53.3 Å². The molecule has 104 valence electrons. The largest absolute Gasteiger partial charge is 0.492 e. The van der Waals surface area contributed by atoms with Gasteiger partial charge in [-0.2, -0.15) is 0 Å². The number of nitrogens with zero attached hydrogens (tertiary/aromatic N) is 1. The van der Waals surface area contributed by atoms with Gasteiger partial charge < -0.3 is 15.6 Å². The summed E-state index contributed by atoms with van der Waals surface area (Å²) in [6.45, 7) is 2.51. The smallest absolute Gasteiger partial charge is 0.137 e. The second-order valence-corrected chi connectivity index (χ2v) is 5.12. The molecule has 0 radical (unpaired) electrons. The molecule has 4 heteroatoms. The number of fused-ring (bicyclic) bond motifs is 1. The third-order valence-electron chi connectivity index (χ3n) is 3.83. The van der Waals surface area contributed by atoms with Gasteiger partial charge in [0.15, 0.2) is 0 Å². The standard InChI is InChI=1S/C16H18N2O2/c1-2-20-14-8-12(9-18-10-14)16(19)6-5-11-7-13(17)3-4-15(11)16/h3-4,7-10,19H,2,5-6,17H2,1H3. The van der Waals surface area contributed by atoms with Gasteiger partial charge in [0, 0.05) is 17.4 Å². The molecule has 1 aliphatic rings. The number of anilines is 1. The number of aryl methyl sites for hydroxylation is 1. The molecule has 3 rings (SSSR count). The molecule has 0 saturated heterocycles. The fourth-order valence-electron chi connectivity index (χ4n) is 2.86. The molecular formula is C16H18N2O2. The molecule has 0 bridgehead atoms. The number of aliphatic hydroxyl groups is 1. The molecule has 0 saturated carbocycles. The van der Waals surface area contributed by atoms with Crippen LogP contribution in [0.5, 0.6) is 5.75 Å². The fraction of sp³-hybridized carbons (Fsp3) is 0.312. The van der Waals surface area contributed by atoms with Crippen molar-refractivity contribution in [1.29, 1.82) is 0 Å². The van der Waals surface area contributed by atoms with E-state index >= 15 is 0 Å². The monoisotopic (exact) mass is 270 g/mol. The Balaban J connectivity index is 2.04. The van der Waals surface area contributed by atoms with Crippen LogP contribution in [0.15, 0.2) is 36.7 Å². The van der Waals surface area contributed by atoms with Crippen LogP contribution in [0.1, 0.15) is 30.0 Å². The number of ether oxygens (including phenoxy) is 1. The van der Waals surface area contributed by atoms with Gasteiger partial charge in [-0.15, -0.1) is 0 Å². The normalized spacial score (nSPS) is 20.7. The Labute approximate surface area is 118 Å². The minimum Gasteiger partial charge on any atom is -0.492 e. The van der Waals surface area contributed by atoms with Crippen LogP contribution in [0.4, 0.5) is 5.69 Å². The summed E-state index contributed by atoms with van der Waals surface area (Å²) in [7, 11) is 0. The molecule has 1 aromatic heterocycles. The van der Waals surface area contributed by atoms with Crippen molar-refractivity contribution >= 4 is 5.69 Å². The molecule has 3 N–H and O–H groups in total. The molecule has 1 aromatic carbocycles. The van der Waals surface area contributed by atoms with Crippen molar-refractivity contribution in [2.45, 2.75) is 25.4 Å². The highest BCUT2D eigenvalue weighted by molar-refractivity contribution is 5.52. The highest BCUT2D eigenvalue weighted by Crippen LogP contribution is 2.42. The number of nitrogen functional groups attached to an aromatic ring is 1. The number of aromatic nitrogens is 1. The molecule has 20 heavy (non-hydrogen) atoms. The van der Waals surface area contributed by atoms with E-state index in [0.29, 0.717) is 18.8 Å². The van der Waals surface area contributed by atoms with Gasteiger partial charge in [-0.1, -0.05) is 6.07 Å². The summed E-state index contributed by atoms with van der Waals surface area (Å²) in [4.78, 5) is 4.17. The maximum Gasteiger partial charge on any atom is 0.137 e. The first kappa shape index (κ1) is 12.9. The Bertz CT molecular complexity index is 642. The molecule has 0 spiro atoms. The Morgan fingerprint density at radius 1 is 1.35 bits per heavy atom. The summed E-state index contributed by atoms with van der Waals surface area (Å²) in [5.74, 6) is 0.683. The Morgan fingerprint density at radius 2 is 2.20 bits per heavy atom. The van der Waals surface area contributed by atoms with Gasteiger partial charge in [-0.3, -0.25) is 4.98 Å². The molecule has 0 aliphatic heterocycles. The van der Waals surface area contributed by atoms with Crippen LogP contribution in [0.2, 0.25) is 0 Å². The minimum absolute atomic E-state index is 0.580. The van der Waals surface area contributed by atoms with Gasteiger partial charge in [-0.05, 0) is 49.1 Å². The van der Waals surface area contributed by atoms with Crippen molar-refractivity contribution in [1.82, 2.24) is 4.98 Å². The average Bonchev–Trinajstić information content (AvgIpc) is 2.78. The predicted molar refractivity (Wildman–Crippen MR) is 77.6 cm³/mol. The van der Waals surface area contributed by atoms with E-state index in [2.05, 4.69) is 4.98 Å². The zero-order chi connectivity index (χ0) is 14.2. The van der Waals surface area contributed by atoms with Crippen LogP contribution in [0.3, 0.4) is 0 Å². The number of hydrogen-bond acceptors (Lipinski definition) is 4. The maximum atomic E-state index is 11.1. The molecule has 1 heterocycles. The van der Waals surface area contributed by atoms with Gasteiger partial charge in [-0.25, -0.2) is 0 Å². The summed E-state index contributed by atoms with van der Waals surface area (Å²) < 4.78 is 5.46. The van der Waals surface area contributed by atoms with Crippen LogP contribution in [-0.4, -0.2) is 16.7 Å². The van der Waals surface area contributed by atoms with E-state index in [1.807, 2.05) is 31.2 Å². The average molecular weight is 270 g/mol. The number of pyridine rings is 1. The van der Waals surface area contributed by atoms with Gasteiger partial charge in [0.05, 0.1) is 12.8 Å². The topological polar surface area (TPSA) is 68.4 Å². The third-order valence-corrected chi connectivity index (χ3v) is 3.83. The number of hydrogen-bond donors (Lipinski definition) is 2. The lowest BCUT2D eigenvalue weighted by Gasteiger charge is -2.24. The van der Waals surface area contributed by atoms with Crippen LogP contribution in [-0.2, 0) is 12.0 Å². The predicted octanol–water partition coefficient (Wildman–Crippen LogP) is 2.24. The zero-order valence-electron chi connectivity index (χ0n) is 11.5. The van der Waals surface area contributed by atoms with E-state index in [-0.39, 0.29) is 0 Å². The van der Waals surface area contributed by atoms with E-state index in [4.69, 9.17) is 10.5 Å². The van der Waals surface area contributed by atoms with Crippen molar-refractivity contribution < 1.29 is 9.84 Å². The van der Waals surface area contributed by atoms with Crippen LogP contribution >= 0.6 is 0 Å². The summed E-state index contributed by atoms with van der Waals surface area (Å²) in [6.07, 6.45) is 4.82. The van der Waals surface area contributed by atoms with Gasteiger partial charge in [0.2, 0.25) is 0 Å². The molecule has 1 atom stereocenters. The highest BCUT2D eigenvalue weighted by Gasteiger charge is 2.38. The lowest BCUT2D eigenvalue weighted by Crippen LogP contribution is -2.24. The molecule has 4 nitrogen and oxygen atoms in total. The first-order valence-corrected chi connectivity index (χ1v) is 6.83. The molecule has 1 unspecified atom stereocenters. The number of nitrogens with two attached hydrogens (primary N) is 1. The lowest BCUT2D eigenvalue weighted by molar-refractivity contribution is 0.0822. The van der Waals surface area contributed by atoms with Crippen molar-refractivity contribution in [2.75, 3.05) is 12.3 Å². The van der Waals surface area contributed by atoms with Crippen molar-refractivity contribution in [3.63, 3.8) is 0 Å². The van der Waals surface area contributed by atoms with E-state index < -0.39 is 5.60 Å². The first-order chi connectivity index (χ1) is 9.63. The van der Waals surface area contributed by atoms with E-state index in [0.717, 1.165) is 28.8 Å². The number of benzene rings is 1. The fourth-order valence-corrected chi connectivity index (χ4v) is 2.86. The van der Waals surface area contributed by atoms with E-state index in [1.54, 1.807) is 12.4 Å². The zero-order valence-corrected chi connectivity index (χ0v) is 11.5. The van der Waals surface area contributed by atoms with Crippen LogP contribution in [0.25, 0.3) is 0 Å². The van der Waals surface area contributed by atoms with E-state index in [9.17, 15) is 5.11 Å². The summed E-state index contributed by atoms with van der Waals surface area (Å²) in [5.41, 5.74) is 8.34. The Kier molecular flexibility index (Phi) is 3.10. The quantitative estimate of drug-likeness (QED) is 0.839. The molecular weight excluding hydrogens is 252 g/mol. The second kappa shape index (κ2) is 4.80. The Hall–Kier alpha value is -2.07.